The molecule has 0 spiro atoms. The van der Waals surface area contributed by atoms with Gasteiger partial charge in [0.2, 0.25) is 0 Å². The maximum Gasteiger partial charge on any atom is 0.132 e. The van der Waals surface area contributed by atoms with Crippen LogP contribution in [-0.2, 0) is 13.6 Å². The summed E-state index contributed by atoms with van der Waals surface area (Å²) in [5.41, 5.74) is 8.99. The summed E-state index contributed by atoms with van der Waals surface area (Å²) >= 11 is 3.51. The van der Waals surface area contributed by atoms with Gasteiger partial charge in [-0.2, -0.15) is 0 Å². The minimum absolute atomic E-state index is 0.428. The smallest absolute Gasteiger partial charge is 0.132 e. The van der Waals surface area contributed by atoms with E-state index in [9.17, 15) is 0 Å². The minimum Gasteiger partial charge on any atom is -0.360 e. The molecule has 0 aliphatic rings. The number of imidazole rings is 1. The molecule has 0 aliphatic carbocycles. The highest BCUT2D eigenvalue weighted by Gasteiger charge is 2.16. The molecule has 0 aliphatic heterocycles. The summed E-state index contributed by atoms with van der Waals surface area (Å²) in [7, 11) is 1.98. The van der Waals surface area contributed by atoms with Gasteiger partial charge in [0.05, 0.1) is 12.2 Å². The molecule has 3 N–H and O–H groups in total. The predicted octanol–water partition coefficient (Wildman–Crippen LogP) is 2.79. The van der Waals surface area contributed by atoms with Crippen molar-refractivity contribution in [3.63, 3.8) is 0 Å². The van der Waals surface area contributed by atoms with Crippen molar-refractivity contribution in [2.24, 2.45) is 12.8 Å². The van der Waals surface area contributed by atoms with Crippen LogP contribution in [0.2, 0.25) is 0 Å². The van der Waals surface area contributed by atoms with Gasteiger partial charge in [0.15, 0.2) is 0 Å². The van der Waals surface area contributed by atoms with E-state index >= 15 is 0 Å². The second-order valence-electron chi connectivity index (χ2n) is 4.18. The Morgan fingerprint density at radius 2 is 2.17 bits per heavy atom. The zero-order valence-corrected chi connectivity index (χ0v) is 11.5. The lowest BCUT2D eigenvalue weighted by molar-refractivity contribution is 0.799. The van der Waals surface area contributed by atoms with Gasteiger partial charge < -0.3 is 15.3 Å². The number of aromatic nitrogens is 3. The Labute approximate surface area is 113 Å². The van der Waals surface area contributed by atoms with Gasteiger partial charge >= 0.3 is 0 Å². The number of hydrogen-bond donors (Lipinski definition) is 2. The van der Waals surface area contributed by atoms with Gasteiger partial charge in [-0.25, -0.2) is 4.98 Å². The third kappa shape index (κ3) is 1.59. The number of H-pyrrole nitrogens is 1. The highest BCUT2D eigenvalue weighted by Crippen LogP contribution is 2.33. The molecule has 2 heterocycles. The molecule has 0 atom stereocenters. The molecule has 1 aromatic carbocycles. The van der Waals surface area contributed by atoms with E-state index in [-0.39, 0.29) is 0 Å². The van der Waals surface area contributed by atoms with E-state index in [1.807, 2.05) is 29.9 Å². The quantitative estimate of drug-likeness (QED) is 0.765. The molecule has 0 saturated carbocycles. The van der Waals surface area contributed by atoms with Gasteiger partial charge in [0, 0.05) is 29.7 Å². The van der Waals surface area contributed by atoms with Crippen molar-refractivity contribution in [1.82, 2.24) is 14.5 Å². The minimum atomic E-state index is 0.428. The molecule has 0 amide bonds. The molecule has 0 unspecified atom stereocenters. The zero-order valence-electron chi connectivity index (χ0n) is 9.94. The van der Waals surface area contributed by atoms with Crippen molar-refractivity contribution in [2.45, 2.75) is 6.54 Å². The van der Waals surface area contributed by atoms with E-state index in [2.05, 4.69) is 38.0 Å². The molecule has 2 aromatic heterocycles. The summed E-state index contributed by atoms with van der Waals surface area (Å²) in [5.74, 6) is 0.863. The van der Waals surface area contributed by atoms with E-state index in [0.717, 1.165) is 27.2 Å². The van der Waals surface area contributed by atoms with E-state index in [1.54, 1.807) is 0 Å². The van der Waals surface area contributed by atoms with Crippen LogP contribution in [0.1, 0.15) is 5.82 Å². The fraction of sp³-hybridized carbons (Fsp3) is 0.154. The third-order valence-electron chi connectivity index (χ3n) is 3.17. The van der Waals surface area contributed by atoms with Crippen LogP contribution in [0.4, 0.5) is 0 Å². The number of fused-ring (bicyclic) bond motifs is 1. The SMILES string of the molecule is Cn1c(CN)nc(Br)c1-c1c[nH]c2ccccc12. The molecular weight excluding hydrogens is 292 g/mol. The van der Waals surface area contributed by atoms with Crippen LogP contribution in [0.25, 0.3) is 22.2 Å². The van der Waals surface area contributed by atoms with Gasteiger partial charge in [0.25, 0.3) is 0 Å². The first kappa shape index (κ1) is 11.5. The number of hydrogen-bond acceptors (Lipinski definition) is 2. The summed E-state index contributed by atoms with van der Waals surface area (Å²) in [6.45, 7) is 0.428. The number of nitrogens with zero attached hydrogens (tertiary/aromatic N) is 2. The summed E-state index contributed by atoms with van der Waals surface area (Å²) in [5, 5.41) is 1.18. The Balaban J connectivity index is 2.29. The maximum atomic E-state index is 5.69. The number of nitrogens with two attached hydrogens (primary N) is 1. The van der Waals surface area contributed by atoms with Crippen molar-refractivity contribution in [3.8, 4) is 11.3 Å². The van der Waals surface area contributed by atoms with Crippen LogP contribution in [0, 0.1) is 0 Å². The van der Waals surface area contributed by atoms with Crippen LogP contribution in [0.15, 0.2) is 35.1 Å². The first-order valence-corrected chi connectivity index (χ1v) is 6.49. The Morgan fingerprint density at radius 1 is 1.39 bits per heavy atom. The summed E-state index contributed by atoms with van der Waals surface area (Å²) in [6.07, 6.45) is 2.01. The fourth-order valence-corrected chi connectivity index (χ4v) is 2.93. The molecule has 92 valence electrons. The maximum absolute atomic E-state index is 5.69. The lowest BCUT2D eigenvalue weighted by Crippen LogP contribution is -2.05. The average molecular weight is 305 g/mol. The van der Waals surface area contributed by atoms with Gasteiger partial charge in [-0.1, -0.05) is 18.2 Å². The summed E-state index contributed by atoms with van der Waals surface area (Å²) in [6, 6.07) is 8.22. The Bertz CT molecular complexity index is 711. The molecule has 0 bridgehead atoms. The summed E-state index contributed by atoms with van der Waals surface area (Å²) < 4.78 is 2.86. The first-order valence-electron chi connectivity index (χ1n) is 5.70. The van der Waals surface area contributed by atoms with Crippen molar-refractivity contribution >= 4 is 26.8 Å². The van der Waals surface area contributed by atoms with Gasteiger partial charge in [-0.15, -0.1) is 0 Å². The normalized spacial score (nSPS) is 11.3. The van der Waals surface area contributed by atoms with Gasteiger partial charge in [-0.3, -0.25) is 0 Å². The highest BCUT2D eigenvalue weighted by atomic mass is 79.9. The monoisotopic (exact) mass is 304 g/mol. The van der Waals surface area contributed by atoms with Crippen molar-refractivity contribution < 1.29 is 0 Å². The molecule has 4 nitrogen and oxygen atoms in total. The fourth-order valence-electron chi connectivity index (χ4n) is 2.25. The number of aromatic amines is 1. The van der Waals surface area contributed by atoms with Gasteiger partial charge in [-0.05, 0) is 22.0 Å². The second kappa shape index (κ2) is 4.26. The van der Waals surface area contributed by atoms with E-state index in [4.69, 9.17) is 5.73 Å². The van der Waals surface area contributed by atoms with Crippen molar-refractivity contribution in [2.75, 3.05) is 0 Å². The lowest BCUT2D eigenvalue weighted by Gasteiger charge is -2.04. The molecule has 3 aromatic rings. The molecule has 0 fully saturated rings. The van der Waals surface area contributed by atoms with Crippen LogP contribution < -0.4 is 5.73 Å². The first-order chi connectivity index (χ1) is 8.72. The average Bonchev–Trinajstić information content (AvgIpc) is 2.91. The van der Waals surface area contributed by atoms with Gasteiger partial charge in [0.1, 0.15) is 10.4 Å². The Hall–Kier alpha value is -1.59. The van der Waals surface area contributed by atoms with E-state index in [0.29, 0.717) is 6.54 Å². The van der Waals surface area contributed by atoms with E-state index < -0.39 is 0 Å². The molecular formula is C13H13BrN4. The number of rotatable bonds is 2. The molecule has 3 rings (SSSR count). The zero-order chi connectivity index (χ0) is 12.7. The van der Waals surface area contributed by atoms with Crippen molar-refractivity contribution in [1.29, 1.82) is 0 Å². The van der Waals surface area contributed by atoms with Crippen LogP contribution in [-0.4, -0.2) is 14.5 Å². The van der Waals surface area contributed by atoms with Crippen molar-refractivity contribution in [3.05, 3.63) is 40.9 Å². The number of nitrogens with one attached hydrogen (secondary N) is 1. The summed E-state index contributed by atoms with van der Waals surface area (Å²) in [4.78, 5) is 7.71. The molecule has 0 radical (unpaired) electrons. The topological polar surface area (TPSA) is 59.6 Å². The highest BCUT2D eigenvalue weighted by molar-refractivity contribution is 9.10. The molecule has 0 saturated heterocycles. The van der Waals surface area contributed by atoms with Crippen LogP contribution in [0.5, 0.6) is 0 Å². The number of halogens is 1. The standard InChI is InChI=1S/C13H13BrN4/c1-18-11(6-15)17-13(14)12(18)9-7-16-10-5-3-2-4-8(9)10/h2-5,7,16H,6,15H2,1H3. The second-order valence-corrected chi connectivity index (χ2v) is 4.93. The number of para-hydroxylation sites is 1. The van der Waals surface area contributed by atoms with Crippen LogP contribution >= 0.6 is 15.9 Å². The third-order valence-corrected chi connectivity index (χ3v) is 3.73. The van der Waals surface area contributed by atoms with E-state index in [1.165, 1.54) is 5.39 Å². The molecule has 18 heavy (non-hydrogen) atoms. The Kier molecular flexibility index (Phi) is 2.72. The van der Waals surface area contributed by atoms with Crippen LogP contribution in [0.3, 0.4) is 0 Å². The Morgan fingerprint density at radius 3 is 2.89 bits per heavy atom. The lowest BCUT2D eigenvalue weighted by atomic mass is 10.1. The number of benzene rings is 1. The largest absolute Gasteiger partial charge is 0.360 e. The molecule has 5 heteroatoms. The predicted molar refractivity (Wildman–Crippen MR) is 76.1 cm³/mol.